The molecule has 0 spiro atoms. The van der Waals surface area contributed by atoms with Crippen molar-refractivity contribution in [3.63, 3.8) is 0 Å². The molecule has 0 amide bonds. The number of nitrogens with two attached hydrogens (primary N) is 1. The molecule has 1 aromatic heterocycles. The van der Waals surface area contributed by atoms with Crippen molar-refractivity contribution in [2.45, 2.75) is 0 Å². The number of thiophene rings is 1. The first-order valence-electron chi connectivity index (χ1n) is 2.30. The minimum atomic E-state index is 0. The molecule has 0 bridgehead atoms. The monoisotopic (exact) mass is 288 g/mol. The maximum absolute atomic E-state index is 7.03. The molecule has 0 saturated carbocycles. The van der Waals surface area contributed by atoms with Gasteiger partial charge in [-0.3, -0.25) is 5.41 Å². The Morgan fingerprint density at radius 1 is 1.60 bits per heavy atom. The number of hydrogen-bond donors (Lipinski definition) is 2. The largest absolute Gasteiger partial charge is 0.383 e. The Morgan fingerprint density at radius 3 is 2.40 bits per heavy atom. The van der Waals surface area contributed by atoms with E-state index < -0.39 is 0 Å². The molecule has 10 heavy (non-hydrogen) atoms. The van der Waals surface area contributed by atoms with Crippen molar-refractivity contribution in [2.75, 3.05) is 0 Å². The zero-order valence-corrected chi connectivity index (χ0v) is 8.72. The highest BCUT2D eigenvalue weighted by atomic mass is 127. The zero-order valence-electron chi connectivity index (χ0n) is 4.93. The summed E-state index contributed by atoms with van der Waals surface area (Å²) in [5.41, 5.74) is 5.22. The Hall–Kier alpha value is 0.190. The van der Waals surface area contributed by atoms with E-state index in [4.69, 9.17) is 11.1 Å². The Morgan fingerprint density at radius 2 is 2.20 bits per heavy atom. The second kappa shape index (κ2) is 4.15. The normalized spacial score (nSPS) is 8.50. The summed E-state index contributed by atoms with van der Waals surface area (Å²) in [6.07, 6.45) is 0. The van der Waals surface area contributed by atoms with E-state index in [1.807, 2.05) is 12.1 Å². The fourth-order valence-corrected chi connectivity index (χ4v) is 1.94. The summed E-state index contributed by atoms with van der Waals surface area (Å²) in [6, 6.07) is 3.80. The first-order valence-corrected chi connectivity index (χ1v) is 4.19. The molecule has 0 atom stereocenters. The molecule has 0 aliphatic rings. The number of nitrogens with one attached hydrogen (secondary N) is 1. The third kappa shape index (κ3) is 2.43. The van der Waals surface area contributed by atoms with E-state index in [2.05, 4.69) is 22.6 Å². The molecule has 0 aliphatic carbocycles. The Labute approximate surface area is 82.9 Å². The van der Waals surface area contributed by atoms with Gasteiger partial charge in [-0.05, 0) is 34.7 Å². The van der Waals surface area contributed by atoms with Crippen molar-refractivity contribution < 1.29 is 0 Å². The first kappa shape index (κ1) is 10.2. The smallest absolute Gasteiger partial charge is 0.133 e. The third-order valence-electron chi connectivity index (χ3n) is 0.839. The fraction of sp³-hybridized carbons (Fsp3) is 0. The molecule has 56 valence electrons. The minimum absolute atomic E-state index is 0. The predicted molar refractivity (Wildman–Crippen MR) is 55.3 cm³/mol. The van der Waals surface area contributed by atoms with Gasteiger partial charge in [0.2, 0.25) is 0 Å². The van der Waals surface area contributed by atoms with Crippen LogP contribution in [0.25, 0.3) is 0 Å². The number of nitrogen functional groups attached to an aromatic ring is 1. The van der Waals surface area contributed by atoms with Gasteiger partial charge in [-0.25, -0.2) is 0 Å². The van der Waals surface area contributed by atoms with Crippen LogP contribution in [-0.2, 0) is 0 Å². The van der Waals surface area contributed by atoms with Gasteiger partial charge >= 0.3 is 0 Å². The van der Waals surface area contributed by atoms with Gasteiger partial charge in [-0.2, -0.15) is 0 Å². The second-order valence-electron chi connectivity index (χ2n) is 1.52. The first-order chi connectivity index (χ1) is 4.20. The predicted octanol–water partition coefficient (Wildman–Crippen LogP) is 2.06. The quantitative estimate of drug-likeness (QED) is 0.464. The van der Waals surface area contributed by atoms with Gasteiger partial charge in [-0.1, -0.05) is 0 Å². The minimum Gasteiger partial charge on any atom is -0.383 e. The third-order valence-corrected chi connectivity index (χ3v) is 2.77. The molecule has 2 nitrogen and oxygen atoms in total. The maximum Gasteiger partial charge on any atom is 0.133 e. The molecular weight excluding hydrogens is 282 g/mol. The van der Waals surface area contributed by atoms with Crippen molar-refractivity contribution >= 4 is 52.2 Å². The van der Waals surface area contributed by atoms with Crippen LogP contribution in [0, 0.1) is 8.29 Å². The van der Waals surface area contributed by atoms with Crippen molar-refractivity contribution in [2.24, 2.45) is 5.73 Å². The van der Waals surface area contributed by atoms with Gasteiger partial charge in [0, 0.05) is 0 Å². The second-order valence-corrected chi connectivity index (χ2v) is 4.50. The lowest BCUT2D eigenvalue weighted by atomic mass is 10.4. The van der Waals surface area contributed by atoms with Gasteiger partial charge in [0.25, 0.3) is 0 Å². The molecule has 0 unspecified atom stereocenters. The fourth-order valence-electron chi connectivity index (χ4n) is 0.459. The van der Waals surface area contributed by atoms with Crippen molar-refractivity contribution in [3.05, 3.63) is 19.9 Å². The van der Waals surface area contributed by atoms with Gasteiger partial charge in [0.15, 0.2) is 0 Å². The Balaban J connectivity index is 0.000000810. The highest BCUT2D eigenvalue weighted by Gasteiger charge is 1.97. The molecule has 0 aliphatic heterocycles. The van der Waals surface area contributed by atoms with Crippen LogP contribution in [0.15, 0.2) is 12.1 Å². The average Bonchev–Trinajstić information content (AvgIpc) is 2.14. The standard InChI is InChI=1S/C5H5IN2S.ClH/c6-4-2-1-3(9-4)5(7)8;/h1-2H,(H3,7,8);1H. The van der Waals surface area contributed by atoms with Crippen molar-refractivity contribution in [1.82, 2.24) is 0 Å². The van der Waals surface area contributed by atoms with Crippen LogP contribution < -0.4 is 5.73 Å². The van der Waals surface area contributed by atoms with Crippen molar-refractivity contribution in [3.8, 4) is 0 Å². The van der Waals surface area contributed by atoms with Gasteiger partial charge in [0.05, 0.1) is 7.76 Å². The summed E-state index contributed by atoms with van der Waals surface area (Å²) in [5.74, 6) is 0.155. The van der Waals surface area contributed by atoms with Gasteiger partial charge in [-0.15, -0.1) is 23.7 Å². The van der Waals surface area contributed by atoms with E-state index in [1.165, 1.54) is 11.3 Å². The van der Waals surface area contributed by atoms with Crippen LogP contribution in [0.4, 0.5) is 0 Å². The highest BCUT2D eigenvalue weighted by Crippen LogP contribution is 2.16. The lowest BCUT2D eigenvalue weighted by molar-refractivity contribution is 1.45. The summed E-state index contributed by atoms with van der Waals surface area (Å²) >= 11 is 3.73. The zero-order chi connectivity index (χ0) is 6.85. The molecule has 0 saturated heterocycles. The molecule has 0 fully saturated rings. The van der Waals surface area contributed by atoms with E-state index in [1.54, 1.807) is 0 Å². The van der Waals surface area contributed by atoms with Crippen LogP contribution in [0.5, 0.6) is 0 Å². The number of amidine groups is 1. The van der Waals surface area contributed by atoms with Crippen LogP contribution in [0.1, 0.15) is 4.88 Å². The average molecular weight is 289 g/mol. The van der Waals surface area contributed by atoms with E-state index >= 15 is 0 Å². The van der Waals surface area contributed by atoms with Crippen molar-refractivity contribution in [1.29, 1.82) is 5.41 Å². The molecule has 0 radical (unpaired) electrons. The number of halogens is 2. The van der Waals surface area contributed by atoms with Crippen LogP contribution in [-0.4, -0.2) is 5.84 Å². The molecule has 0 aromatic carbocycles. The van der Waals surface area contributed by atoms with E-state index in [9.17, 15) is 0 Å². The van der Waals surface area contributed by atoms with E-state index in [0.717, 1.165) is 7.76 Å². The topological polar surface area (TPSA) is 49.9 Å². The van der Waals surface area contributed by atoms with E-state index in [-0.39, 0.29) is 18.2 Å². The van der Waals surface area contributed by atoms with E-state index in [0.29, 0.717) is 0 Å². The van der Waals surface area contributed by atoms with Crippen LogP contribution >= 0.6 is 46.3 Å². The number of hydrogen-bond acceptors (Lipinski definition) is 2. The Bertz CT molecular complexity index is 235. The number of rotatable bonds is 1. The lowest BCUT2D eigenvalue weighted by Crippen LogP contribution is -2.08. The lowest BCUT2D eigenvalue weighted by Gasteiger charge is -1.85. The summed E-state index contributed by atoms with van der Waals surface area (Å²) in [5, 5.41) is 7.03. The molecule has 1 rings (SSSR count). The highest BCUT2D eigenvalue weighted by molar-refractivity contribution is 14.1. The molecule has 1 aromatic rings. The maximum atomic E-state index is 7.03. The molecule has 5 heteroatoms. The SMILES string of the molecule is Cl.N=C(N)c1ccc(I)s1. The van der Waals surface area contributed by atoms with Gasteiger partial charge < -0.3 is 5.73 Å². The molecule has 1 heterocycles. The van der Waals surface area contributed by atoms with Crippen LogP contribution in [0.3, 0.4) is 0 Å². The molecular formula is C5H6ClIN2S. The van der Waals surface area contributed by atoms with Crippen LogP contribution in [0.2, 0.25) is 0 Å². The summed E-state index contributed by atoms with van der Waals surface area (Å²) in [7, 11) is 0. The summed E-state index contributed by atoms with van der Waals surface area (Å²) < 4.78 is 1.16. The molecule has 3 N–H and O–H groups in total. The summed E-state index contributed by atoms with van der Waals surface area (Å²) in [6.45, 7) is 0. The Kier molecular flexibility index (Phi) is 4.23. The van der Waals surface area contributed by atoms with Gasteiger partial charge in [0.1, 0.15) is 5.84 Å². The summed E-state index contributed by atoms with van der Waals surface area (Å²) in [4.78, 5) is 0.847.